The quantitative estimate of drug-likeness (QED) is 0.246. The van der Waals surface area contributed by atoms with Crippen molar-refractivity contribution < 1.29 is 0 Å². The van der Waals surface area contributed by atoms with E-state index < -0.39 is 0 Å². The van der Waals surface area contributed by atoms with E-state index in [-0.39, 0.29) is 0 Å². The Balaban J connectivity index is 1.59. The van der Waals surface area contributed by atoms with Gasteiger partial charge < -0.3 is 4.40 Å². The van der Waals surface area contributed by atoms with Crippen molar-refractivity contribution >= 4 is 43.8 Å². The average Bonchev–Trinajstić information content (AvgIpc) is 3.45. The van der Waals surface area contributed by atoms with Gasteiger partial charge in [0.1, 0.15) is 0 Å². The van der Waals surface area contributed by atoms with E-state index in [0.717, 1.165) is 11.1 Å². The highest BCUT2D eigenvalue weighted by Crippen LogP contribution is 2.45. The van der Waals surface area contributed by atoms with Gasteiger partial charge in [-0.2, -0.15) is 5.26 Å². The SMILES string of the molecule is [C-]#[N+]c1ccc(-c2cccc3c2c2cccc4c5c(-c6ccc(C#N)cc6)cccc5n3c42)cc1. The van der Waals surface area contributed by atoms with Crippen LogP contribution >= 0.6 is 0 Å². The zero-order valence-corrected chi connectivity index (χ0v) is 18.7. The second-order valence-corrected chi connectivity index (χ2v) is 8.78. The molecule has 0 unspecified atom stereocenters. The zero-order chi connectivity index (χ0) is 23.5. The summed E-state index contributed by atoms with van der Waals surface area (Å²) in [5.41, 5.74) is 9.45. The number of nitrogens with zero attached hydrogens (tertiary/aromatic N) is 3. The van der Waals surface area contributed by atoms with Gasteiger partial charge in [-0.3, -0.25) is 0 Å². The summed E-state index contributed by atoms with van der Waals surface area (Å²) in [6, 6.07) is 37.4. The molecule has 2 heterocycles. The lowest BCUT2D eigenvalue weighted by molar-refractivity contribution is 1.37. The molecule has 0 aliphatic carbocycles. The van der Waals surface area contributed by atoms with Gasteiger partial charge in [-0.15, -0.1) is 0 Å². The van der Waals surface area contributed by atoms with Crippen LogP contribution in [0.5, 0.6) is 0 Å². The zero-order valence-electron chi connectivity index (χ0n) is 18.7. The number of hydrogen-bond donors (Lipinski definition) is 0. The van der Waals surface area contributed by atoms with E-state index in [1.165, 1.54) is 49.2 Å². The number of rotatable bonds is 2. The highest BCUT2D eigenvalue weighted by atomic mass is 14.9. The largest absolute Gasteiger partial charge is 0.308 e. The first-order chi connectivity index (χ1) is 17.3. The molecule has 0 saturated heterocycles. The lowest BCUT2D eigenvalue weighted by atomic mass is 9.96. The van der Waals surface area contributed by atoms with E-state index in [9.17, 15) is 5.26 Å². The van der Waals surface area contributed by atoms with Gasteiger partial charge in [-0.1, -0.05) is 78.9 Å². The maximum absolute atomic E-state index is 9.21. The number of fused-ring (bicyclic) bond motifs is 6. The second-order valence-electron chi connectivity index (χ2n) is 8.78. The minimum Gasteiger partial charge on any atom is -0.308 e. The Labute approximate surface area is 201 Å². The molecule has 2 aromatic heterocycles. The summed E-state index contributed by atoms with van der Waals surface area (Å²) in [6.07, 6.45) is 0. The maximum Gasteiger partial charge on any atom is 0.187 e. The number of hydrogen-bond acceptors (Lipinski definition) is 1. The highest BCUT2D eigenvalue weighted by molar-refractivity contribution is 6.27. The van der Waals surface area contributed by atoms with Gasteiger partial charge in [0.25, 0.3) is 0 Å². The van der Waals surface area contributed by atoms with Crippen LogP contribution < -0.4 is 0 Å². The van der Waals surface area contributed by atoms with Crippen LogP contribution in [-0.2, 0) is 0 Å². The number of aromatic nitrogens is 1. The Morgan fingerprint density at radius 1 is 0.629 bits per heavy atom. The van der Waals surface area contributed by atoms with Crippen LogP contribution in [0.15, 0.2) is 103 Å². The average molecular weight is 444 g/mol. The standard InChI is InChI=1S/C32H17N3/c1-34-23-17-15-22(16-18-23)25-6-4-10-29-31(25)27-8-2-7-26-30-24(21-13-11-20(19-33)12-14-21)5-3-9-28(30)35(29)32(26)27/h2-18H. The molecule has 3 nitrogen and oxygen atoms in total. The Kier molecular flexibility index (Phi) is 3.98. The van der Waals surface area contributed by atoms with Crippen LogP contribution in [0.4, 0.5) is 5.69 Å². The fourth-order valence-electron chi connectivity index (χ4n) is 5.50. The van der Waals surface area contributed by atoms with Gasteiger partial charge in [0.15, 0.2) is 5.69 Å². The molecule has 0 bridgehead atoms. The van der Waals surface area contributed by atoms with Crippen molar-refractivity contribution in [3.63, 3.8) is 0 Å². The van der Waals surface area contributed by atoms with E-state index in [1.54, 1.807) is 0 Å². The van der Waals surface area contributed by atoms with Crippen molar-refractivity contribution in [2.24, 2.45) is 0 Å². The smallest absolute Gasteiger partial charge is 0.187 e. The third-order valence-electron chi connectivity index (χ3n) is 7.00. The molecular weight excluding hydrogens is 426 g/mol. The Morgan fingerprint density at radius 3 is 1.66 bits per heavy atom. The summed E-state index contributed by atoms with van der Waals surface area (Å²) in [4.78, 5) is 3.54. The fraction of sp³-hybridized carbons (Fsp3) is 0. The summed E-state index contributed by atoms with van der Waals surface area (Å²) in [6.45, 7) is 7.27. The summed E-state index contributed by atoms with van der Waals surface area (Å²) in [5, 5.41) is 14.1. The van der Waals surface area contributed by atoms with Crippen LogP contribution in [0.2, 0.25) is 0 Å². The first-order valence-electron chi connectivity index (χ1n) is 11.5. The van der Waals surface area contributed by atoms with E-state index >= 15 is 0 Å². The molecule has 0 fully saturated rings. The van der Waals surface area contributed by atoms with E-state index in [4.69, 9.17) is 6.57 Å². The maximum atomic E-state index is 9.21. The van der Waals surface area contributed by atoms with Gasteiger partial charge in [0.05, 0.1) is 34.8 Å². The van der Waals surface area contributed by atoms with Crippen molar-refractivity contribution in [3.05, 3.63) is 120 Å². The normalized spacial score (nSPS) is 11.4. The monoisotopic (exact) mass is 443 g/mol. The summed E-state index contributed by atoms with van der Waals surface area (Å²) >= 11 is 0. The van der Waals surface area contributed by atoms with Crippen molar-refractivity contribution in [3.8, 4) is 28.3 Å². The first-order valence-corrected chi connectivity index (χ1v) is 11.5. The minimum absolute atomic E-state index is 0.649. The van der Waals surface area contributed by atoms with E-state index in [1.807, 2.05) is 48.5 Å². The summed E-state index contributed by atoms with van der Waals surface area (Å²) < 4.78 is 2.39. The predicted octanol–water partition coefficient (Wildman–Crippen LogP) is 8.59. The lowest BCUT2D eigenvalue weighted by Gasteiger charge is -2.08. The molecule has 5 aromatic carbocycles. The van der Waals surface area contributed by atoms with E-state index in [2.05, 4.69) is 69.9 Å². The number of benzene rings is 5. The van der Waals surface area contributed by atoms with Gasteiger partial charge in [-0.05, 0) is 46.5 Å². The molecule has 0 aliphatic rings. The molecule has 3 heteroatoms. The Hall–Kier alpha value is -5.12. The molecule has 0 aliphatic heterocycles. The van der Waals surface area contributed by atoms with Crippen molar-refractivity contribution in [1.29, 1.82) is 5.26 Å². The fourth-order valence-corrected chi connectivity index (χ4v) is 5.50. The predicted molar refractivity (Wildman–Crippen MR) is 143 cm³/mol. The van der Waals surface area contributed by atoms with Crippen LogP contribution in [0.1, 0.15) is 5.56 Å². The van der Waals surface area contributed by atoms with Gasteiger partial charge in [0, 0.05) is 21.5 Å². The van der Waals surface area contributed by atoms with Crippen LogP contribution in [0.3, 0.4) is 0 Å². The lowest BCUT2D eigenvalue weighted by Crippen LogP contribution is -1.85. The Morgan fingerprint density at radius 2 is 1.14 bits per heavy atom. The van der Waals surface area contributed by atoms with Crippen LogP contribution in [0, 0.1) is 17.9 Å². The molecule has 7 aromatic rings. The topological polar surface area (TPSA) is 32.6 Å². The molecule has 0 amide bonds. The third-order valence-corrected chi connectivity index (χ3v) is 7.00. The van der Waals surface area contributed by atoms with Crippen molar-refractivity contribution in [1.82, 2.24) is 4.40 Å². The van der Waals surface area contributed by atoms with Gasteiger partial charge >= 0.3 is 0 Å². The molecule has 7 rings (SSSR count). The minimum atomic E-state index is 0.649. The molecule has 35 heavy (non-hydrogen) atoms. The molecule has 0 radical (unpaired) electrons. The first kappa shape index (κ1) is 19.4. The summed E-state index contributed by atoms with van der Waals surface area (Å²) in [7, 11) is 0. The van der Waals surface area contributed by atoms with E-state index in [0.29, 0.717) is 11.3 Å². The molecule has 0 spiro atoms. The molecule has 160 valence electrons. The van der Waals surface area contributed by atoms with Crippen molar-refractivity contribution in [2.45, 2.75) is 0 Å². The second kappa shape index (κ2) is 7.19. The molecule has 0 atom stereocenters. The van der Waals surface area contributed by atoms with Gasteiger partial charge in [-0.25, -0.2) is 4.85 Å². The summed E-state index contributed by atoms with van der Waals surface area (Å²) in [5.74, 6) is 0. The highest BCUT2D eigenvalue weighted by Gasteiger charge is 2.21. The number of nitriles is 1. The Bertz CT molecular complexity index is 1850. The van der Waals surface area contributed by atoms with Gasteiger partial charge in [0.2, 0.25) is 0 Å². The van der Waals surface area contributed by atoms with Crippen molar-refractivity contribution in [2.75, 3.05) is 0 Å². The van der Waals surface area contributed by atoms with Crippen LogP contribution in [0.25, 0.3) is 65.2 Å². The van der Waals surface area contributed by atoms with Crippen LogP contribution in [-0.4, -0.2) is 4.40 Å². The molecule has 0 N–H and O–H groups in total. The molecule has 0 saturated carbocycles. The molecular formula is C32H17N3. The third kappa shape index (κ3) is 2.64. The number of para-hydroxylation sites is 1.